The molecule has 0 saturated carbocycles. The van der Waals surface area contributed by atoms with Gasteiger partial charge in [-0.2, -0.15) is 0 Å². The zero-order chi connectivity index (χ0) is 17.0. The number of amides is 2. The van der Waals surface area contributed by atoms with E-state index in [2.05, 4.69) is 15.6 Å². The Bertz CT molecular complexity index is 725. The second-order valence-corrected chi connectivity index (χ2v) is 6.92. The normalized spacial score (nSPS) is 11.0. The van der Waals surface area contributed by atoms with Crippen LogP contribution in [0, 0.1) is 0 Å². The van der Waals surface area contributed by atoms with Gasteiger partial charge in [0.2, 0.25) is 0 Å². The van der Waals surface area contributed by atoms with E-state index < -0.39 is 11.7 Å². The average molecular weight is 354 g/mol. The van der Waals surface area contributed by atoms with Crippen LogP contribution in [0.2, 0.25) is 5.02 Å². The van der Waals surface area contributed by atoms with Gasteiger partial charge in [0.15, 0.2) is 5.13 Å². The van der Waals surface area contributed by atoms with Gasteiger partial charge in [0.25, 0.3) is 5.91 Å². The summed E-state index contributed by atoms with van der Waals surface area (Å²) >= 11 is 7.00. The van der Waals surface area contributed by atoms with Crippen LogP contribution in [0.15, 0.2) is 29.6 Å². The summed E-state index contributed by atoms with van der Waals surface area (Å²) in [5.41, 5.74) is 0.159. The number of carbonyl (C=O) groups excluding carboxylic acids is 2. The van der Waals surface area contributed by atoms with Crippen LogP contribution in [0.5, 0.6) is 0 Å². The summed E-state index contributed by atoms with van der Waals surface area (Å²) in [4.78, 5) is 27.8. The number of rotatable bonds is 3. The summed E-state index contributed by atoms with van der Waals surface area (Å²) in [6.07, 6.45) is -0.617. The summed E-state index contributed by atoms with van der Waals surface area (Å²) in [5, 5.41) is 7.53. The quantitative estimate of drug-likeness (QED) is 0.857. The topological polar surface area (TPSA) is 80.3 Å². The molecule has 0 aliphatic carbocycles. The molecule has 23 heavy (non-hydrogen) atoms. The Labute approximate surface area is 142 Å². The Morgan fingerprint density at radius 3 is 2.65 bits per heavy atom. The molecule has 6 nitrogen and oxygen atoms in total. The van der Waals surface area contributed by atoms with Crippen LogP contribution in [0.1, 0.15) is 31.3 Å². The van der Waals surface area contributed by atoms with Gasteiger partial charge in [-0.15, -0.1) is 11.3 Å². The zero-order valence-electron chi connectivity index (χ0n) is 12.8. The third-order valence-electron chi connectivity index (χ3n) is 2.43. The smallest absolute Gasteiger partial charge is 0.413 e. The molecule has 2 amide bonds. The van der Waals surface area contributed by atoms with E-state index in [9.17, 15) is 9.59 Å². The first-order valence-electron chi connectivity index (χ1n) is 6.75. The summed E-state index contributed by atoms with van der Waals surface area (Å²) in [7, 11) is 0. The van der Waals surface area contributed by atoms with E-state index in [1.165, 1.54) is 0 Å². The van der Waals surface area contributed by atoms with Crippen LogP contribution in [0.4, 0.5) is 15.6 Å². The minimum Gasteiger partial charge on any atom is -0.444 e. The van der Waals surface area contributed by atoms with Crippen LogP contribution < -0.4 is 10.6 Å². The molecule has 0 saturated heterocycles. The largest absolute Gasteiger partial charge is 0.444 e. The number of thiazole rings is 1. The molecule has 0 bridgehead atoms. The molecule has 0 aliphatic heterocycles. The highest BCUT2D eigenvalue weighted by Crippen LogP contribution is 2.19. The van der Waals surface area contributed by atoms with Gasteiger partial charge in [0.05, 0.1) is 0 Å². The number of halogens is 1. The highest BCUT2D eigenvalue weighted by molar-refractivity contribution is 7.14. The molecule has 2 N–H and O–H groups in total. The molecule has 2 rings (SSSR count). The zero-order valence-corrected chi connectivity index (χ0v) is 14.4. The van der Waals surface area contributed by atoms with E-state index in [1.807, 2.05) is 0 Å². The third kappa shape index (κ3) is 5.54. The Kier molecular flexibility index (Phi) is 5.23. The van der Waals surface area contributed by atoms with Gasteiger partial charge in [-0.05, 0) is 39.0 Å². The maximum atomic E-state index is 12.1. The number of hydrogen-bond donors (Lipinski definition) is 2. The third-order valence-corrected chi connectivity index (χ3v) is 3.42. The van der Waals surface area contributed by atoms with Crippen LogP contribution in [-0.2, 0) is 4.74 Å². The van der Waals surface area contributed by atoms with Crippen molar-refractivity contribution < 1.29 is 14.3 Å². The number of nitrogens with zero attached hydrogens (tertiary/aromatic N) is 1. The van der Waals surface area contributed by atoms with Crippen molar-refractivity contribution in [1.29, 1.82) is 0 Å². The summed E-state index contributed by atoms with van der Waals surface area (Å²) in [6, 6.07) is 6.79. The number of carbonyl (C=O) groups is 2. The first kappa shape index (κ1) is 17.2. The predicted octanol–water partition coefficient (Wildman–Crippen LogP) is 4.40. The summed E-state index contributed by atoms with van der Waals surface area (Å²) in [5.74, 6) is -0.388. The van der Waals surface area contributed by atoms with Crippen molar-refractivity contribution in [3.8, 4) is 0 Å². The fourth-order valence-electron chi connectivity index (χ4n) is 1.59. The van der Waals surface area contributed by atoms with Crippen LogP contribution in [0.25, 0.3) is 0 Å². The van der Waals surface area contributed by atoms with Crippen molar-refractivity contribution in [3.05, 3.63) is 40.4 Å². The van der Waals surface area contributed by atoms with Crippen molar-refractivity contribution in [2.24, 2.45) is 0 Å². The number of anilines is 2. The first-order chi connectivity index (χ1) is 10.7. The standard InChI is InChI=1S/C15H16ClN3O3S/c1-15(2,3)22-14(21)19-13-18-11(8-23-13)12(20)17-10-6-4-5-9(16)7-10/h4-8H,1-3H3,(H,17,20)(H,18,19,21). The molecule has 1 aromatic carbocycles. The van der Waals surface area contributed by atoms with E-state index in [-0.39, 0.29) is 16.7 Å². The number of aromatic nitrogens is 1. The summed E-state index contributed by atoms with van der Waals surface area (Å²) < 4.78 is 5.12. The van der Waals surface area contributed by atoms with E-state index in [0.717, 1.165) is 11.3 Å². The fraction of sp³-hybridized carbons (Fsp3) is 0.267. The Hall–Kier alpha value is -2.12. The van der Waals surface area contributed by atoms with Crippen LogP contribution >= 0.6 is 22.9 Å². The highest BCUT2D eigenvalue weighted by Gasteiger charge is 2.18. The lowest BCUT2D eigenvalue weighted by molar-refractivity contribution is 0.0635. The molecule has 0 unspecified atom stereocenters. The van der Waals surface area contributed by atoms with E-state index >= 15 is 0 Å². The van der Waals surface area contributed by atoms with E-state index in [1.54, 1.807) is 50.4 Å². The Morgan fingerprint density at radius 2 is 2.00 bits per heavy atom. The van der Waals surface area contributed by atoms with Crippen LogP contribution in [0.3, 0.4) is 0 Å². The van der Waals surface area contributed by atoms with Crippen molar-refractivity contribution in [2.45, 2.75) is 26.4 Å². The molecule has 0 fully saturated rings. The molecule has 0 spiro atoms. The molecule has 0 radical (unpaired) electrons. The van der Waals surface area contributed by atoms with Crippen molar-refractivity contribution >= 4 is 45.8 Å². The lowest BCUT2D eigenvalue weighted by Gasteiger charge is -2.18. The monoisotopic (exact) mass is 353 g/mol. The number of ether oxygens (including phenoxy) is 1. The van der Waals surface area contributed by atoms with Gasteiger partial charge >= 0.3 is 6.09 Å². The molecule has 0 atom stereocenters. The van der Waals surface area contributed by atoms with Crippen LogP contribution in [-0.4, -0.2) is 22.6 Å². The number of benzene rings is 1. The maximum Gasteiger partial charge on any atom is 0.413 e. The van der Waals surface area contributed by atoms with E-state index in [0.29, 0.717) is 10.7 Å². The maximum absolute atomic E-state index is 12.1. The number of nitrogens with one attached hydrogen (secondary N) is 2. The molecular formula is C15H16ClN3O3S. The highest BCUT2D eigenvalue weighted by atomic mass is 35.5. The van der Waals surface area contributed by atoms with Gasteiger partial charge in [0.1, 0.15) is 11.3 Å². The first-order valence-corrected chi connectivity index (χ1v) is 8.01. The van der Waals surface area contributed by atoms with Crippen molar-refractivity contribution in [1.82, 2.24) is 4.98 Å². The average Bonchev–Trinajstić information content (AvgIpc) is 2.84. The molecule has 122 valence electrons. The second kappa shape index (κ2) is 6.97. The fourth-order valence-corrected chi connectivity index (χ4v) is 2.45. The lowest BCUT2D eigenvalue weighted by Crippen LogP contribution is -2.27. The molecular weight excluding hydrogens is 338 g/mol. The van der Waals surface area contributed by atoms with Crippen molar-refractivity contribution in [3.63, 3.8) is 0 Å². The van der Waals surface area contributed by atoms with Gasteiger partial charge in [0, 0.05) is 16.1 Å². The minimum absolute atomic E-state index is 0.195. The van der Waals surface area contributed by atoms with Gasteiger partial charge < -0.3 is 10.1 Å². The van der Waals surface area contributed by atoms with E-state index in [4.69, 9.17) is 16.3 Å². The van der Waals surface area contributed by atoms with Gasteiger partial charge in [-0.3, -0.25) is 10.1 Å². The number of hydrogen-bond acceptors (Lipinski definition) is 5. The predicted molar refractivity (Wildman–Crippen MR) is 91.4 cm³/mol. The minimum atomic E-state index is -0.617. The Morgan fingerprint density at radius 1 is 1.26 bits per heavy atom. The Balaban J connectivity index is 1.98. The molecule has 8 heteroatoms. The molecule has 0 aliphatic rings. The summed E-state index contributed by atoms with van der Waals surface area (Å²) in [6.45, 7) is 5.29. The molecule has 1 aromatic heterocycles. The SMILES string of the molecule is CC(C)(C)OC(=O)Nc1nc(C(=O)Nc2cccc(Cl)c2)cs1. The molecule has 1 heterocycles. The lowest BCUT2D eigenvalue weighted by atomic mass is 10.2. The second-order valence-electron chi connectivity index (χ2n) is 5.63. The van der Waals surface area contributed by atoms with Gasteiger partial charge in [-0.1, -0.05) is 17.7 Å². The van der Waals surface area contributed by atoms with Gasteiger partial charge in [-0.25, -0.2) is 9.78 Å². The van der Waals surface area contributed by atoms with Crippen molar-refractivity contribution in [2.75, 3.05) is 10.6 Å². The molecule has 2 aromatic rings.